The average Bonchev–Trinajstić information content (AvgIpc) is 3.33. The quantitative estimate of drug-likeness (QED) is 0.874. The SMILES string of the molecule is O=C(NC[C@@H](c1ccco1)[NH+]1CCCCC1)c1cc2c(s1)CCC2. The Balaban J connectivity index is 1.43. The van der Waals surface area contributed by atoms with Crippen molar-refractivity contribution >= 4 is 17.2 Å². The number of quaternary nitrogens is 1. The lowest BCUT2D eigenvalue weighted by Crippen LogP contribution is -3.13. The van der Waals surface area contributed by atoms with Gasteiger partial charge >= 0.3 is 0 Å². The van der Waals surface area contributed by atoms with Gasteiger partial charge < -0.3 is 14.6 Å². The molecule has 1 aliphatic carbocycles. The Labute approximate surface area is 146 Å². The van der Waals surface area contributed by atoms with E-state index in [4.69, 9.17) is 4.42 Å². The third-order valence-corrected chi connectivity index (χ3v) is 6.55. The van der Waals surface area contributed by atoms with Gasteiger partial charge in [0.15, 0.2) is 11.8 Å². The maximum absolute atomic E-state index is 12.6. The molecule has 0 aromatic carbocycles. The zero-order valence-electron chi connectivity index (χ0n) is 14.0. The molecule has 0 unspecified atom stereocenters. The molecule has 5 heteroatoms. The number of hydrogen-bond acceptors (Lipinski definition) is 3. The Hall–Kier alpha value is -1.59. The van der Waals surface area contributed by atoms with Crippen molar-refractivity contribution in [1.82, 2.24) is 5.32 Å². The molecule has 1 fully saturated rings. The number of carbonyl (C=O) groups excluding carboxylic acids is 1. The van der Waals surface area contributed by atoms with Crippen LogP contribution in [0.25, 0.3) is 0 Å². The van der Waals surface area contributed by atoms with Crippen molar-refractivity contribution in [2.75, 3.05) is 19.6 Å². The third kappa shape index (κ3) is 3.28. The molecule has 0 spiro atoms. The fraction of sp³-hybridized carbons (Fsp3) is 0.526. The second-order valence-corrected chi connectivity index (χ2v) is 8.05. The fourth-order valence-electron chi connectivity index (χ4n) is 4.01. The predicted octanol–water partition coefficient (Wildman–Crippen LogP) is 2.37. The highest BCUT2D eigenvalue weighted by atomic mass is 32.1. The van der Waals surface area contributed by atoms with E-state index in [1.807, 2.05) is 12.1 Å². The predicted molar refractivity (Wildman–Crippen MR) is 94.7 cm³/mol. The number of fused-ring (bicyclic) bond motifs is 1. The standard InChI is InChI=1S/C19H24N2O2S/c22-19(18-12-14-6-4-8-17(14)24-18)20-13-15(16-7-5-11-23-16)21-9-2-1-3-10-21/h5,7,11-12,15H,1-4,6,8-10,13H2,(H,20,22)/p+1/t15-/m0/s1. The van der Waals surface area contributed by atoms with E-state index >= 15 is 0 Å². The molecule has 1 saturated heterocycles. The van der Waals surface area contributed by atoms with Crippen molar-refractivity contribution < 1.29 is 14.1 Å². The maximum atomic E-state index is 12.6. The summed E-state index contributed by atoms with van der Waals surface area (Å²) in [6.45, 7) is 2.97. The van der Waals surface area contributed by atoms with Gasteiger partial charge in [0, 0.05) is 4.88 Å². The van der Waals surface area contributed by atoms with E-state index in [0.29, 0.717) is 6.54 Å². The number of piperidine rings is 1. The molecule has 1 aliphatic heterocycles. The van der Waals surface area contributed by atoms with Gasteiger partial charge in [-0.25, -0.2) is 0 Å². The van der Waals surface area contributed by atoms with Crippen molar-refractivity contribution in [3.63, 3.8) is 0 Å². The van der Waals surface area contributed by atoms with E-state index in [0.717, 1.165) is 36.6 Å². The zero-order valence-corrected chi connectivity index (χ0v) is 14.8. The van der Waals surface area contributed by atoms with Crippen LogP contribution in [0, 0.1) is 0 Å². The van der Waals surface area contributed by atoms with Gasteiger partial charge in [0.25, 0.3) is 5.91 Å². The van der Waals surface area contributed by atoms with Crippen LogP contribution < -0.4 is 10.2 Å². The van der Waals surface area contributed by atoms with E-state index in [-0.39, 0.29) is 11.9 Å². The molecule has 1 amide bonds. The van der Waals surface area contributed by atoms with Crippen molar-refractivity contribution in [2.45, 2.75) is 44.6 Å². The third-order valence-electron chi connectivity index (χ3n) is 5.31. The molecule has 24 heavy (non-hydrogen) atoms. The number of furan rings is 1. The number of thiophene rings is 1. The van der Waals surface area contributed by atoms with Gasteiger partial charge in [-0.1, -0.05) is 0 Å². The van der Waals surface area contributed by atoms with Crippen molar-refractivity contribution in [1.29, 1.82) is 0 Å². The van der Waals surface area contributed by atoms with Gasteiger partial charge in [-0.15, -0.1) is 11.3 Å². The van der Waals surface area contributed by atoms with Crippen molar-refractivity contribution in [2.24, 2.45) is 0 Å². The molecular weight excluding hydrogens is 320 g/mol. The summed E-state index contributed by atoms with van der Waals surface area (Å²) in [7, 11) is 0. The summed E-state index contributed by atoms with van der Waals surface area (Å²) in [4.78, 5) is 16.4. The normalized spacial score (nSPS) is 19.2. The highest BCUT2D eigenvalue weighted by Gasteiger charge is 2.29. The molecule has 0 radical (unpaired) electrons. The highest BCUT2D eigenvalue weighted by Crippen LogP contribution is 2.30. The second kappa shape index (κ2) is 7.11. The first-order chi connectivity index (χ1) is 11.8. The Morgan fingerprint density at radius 1 is 1.25 bits per heavy atom. The smallest absolute Gasteiger partial charge is 0.261 e. The summed E-state index contributed by atoms with van der Waals surface area (Å²) in [5.74, 6) is 1.06. The van der Waals surface area contributed by atoms with Gasteiger partial charge in [-0.3, -0.25) is 4.79 Å². The van der Waals surface area contributed by atoms with Gasteiger partial charge in [0.05, 0.1) is 30.8 Å². The summed E-state index contributed by atoms with van der Waals surface area (Å²) < 4.78 is 5.67. The van der Waals surface area contributed by atoms with Crippen molar-refractivity contribution in [3.8, 4) is 0 Å². The maximum Gasteiger partial charge on any atom is 0.261 e. The Morgan fingerprint density at radius 3 is 2.88 bits per heavy atom. The van der Waals surface area contributed by atoms with Crippen LogP contribution in [0.1, 0.15) is 57.6 Å². The molecule has 128 valence electrons. The molecule has 2 aromatic rings. The lowest BCUT2D eigenvalue weighted by atomic mass is 10.1. The zero-order chi connectivity index (χ0) is 16.4. The van der Waals surface area contributed by atoms with Gasteiger partial charge in [-0.05, 0) is 62.3 Å². The molecule has 2 aromatic heterocycles. The van der Waals surface area contributed by atoms with E-state index in [1.165, 1.54) is 41.0 Å². The molecule has 1 atom stereocenters. The van der Waals surface area contributed by atoms with E-state index in [2.05, 4.69) is 11.4 Å². The summed E-state index contributed by atoms with van der Waals surface area (Å²) in [6.07, 6.45) is 9.09. The second-order valence-electron chi connectivity index (χ2n) is 6.91. The summed E-state index contributed by atoms with van der Waals surface area (Å²) in [6, 6.07) is 6.30. The molecule has 3 heterocycles. The van der Waals surface area contributed by atoms with Crippen LogP contribution in [-0.4, -0.2) is 25.5 Å². The van der Waals surface area contributed by atoms with E-state index in [1.54, 1.807) is 17.6 Å². The number of nitrogens with one attached hydrogen (secondary N) is 2. The van der Waals surface area contributed by atoms with E-state index < -0.39 is 0 Å². The topological polar surface area (TPSA) is 46.7 Å². The van der Waals surface area contributed by atoms with Gasteiger partial charge in [0.1, 0.15) is 0 Å². The number of amides is 1. The lowest BCUT2D eigenvalue weighted by Gasteiger charge is -2.30. The fourth-order valence-corrected chi connectivity index (χ4v) is 5.18. The number of rotatable bonds is 5. The van der Waals surface area contributed by atoms with Gasteiger partial charge in [0.2, 0.25) is 0 Å². The minimum atomic E-state index is 0.0716. The van der Waals surface area contributed by atoms with Crippen LogP contribution in [0.4, 0.5) is 0 Å². The average molecular weight is 345 g/mol. The van der Waals surface area contributed by atoms with Gasteiger partial charge in [-0.2, -0.15) is 0 Å². The molecule has 0 saturated carbocycles. The number of aryl methyl sites for hydroxylation is 2. The van der Waals surface area contributed by atoms with Crippen LogP contribution in [0.5, 0.6) is 0 Å². The Bertz CT molecular complexity index is 665. The Kier molecular flexibility index (Phi) is 4.72. The lowest BCUT2D eigenvalue weighted by molar-refractivity contribution is -0.936. The molecular formula is C19H25N2O2S+. The minimum Gasteiger partial charge on any atom is -0.463 e. The molecule has 4 rings (SSSR count). The van der Waals surface area contributed by atoms with Crippen LogP contribution in [0.3, 0.4) is 0 Å². The molecule has 2 N–H and O–H groups in total. The van der Waals surface area contributed by atoms with E-state index in [9.17, 15) is 4.79 Å². The summed E-state index contributed by atoms with van der Waals surface area (Å²) >= 11 is 1.67. The first-order valence-corrected chi connectivity index (χ1v) is 9.90. The molecule has 0 bridgehead atoms. The van der Waals surface area contributed by atoms with Crippen LogP contribution in [0.15, 0.2) is 28.9 Å². The highest BCUT2D eigenvalue weighted by molar-refractivity contribution is 7.14. The first kappa shape index (κ1) is 15.9. The monoisotopic (exact) mass is 345 g/mol. The van der Waals surface area contributed by atoms with Crippen molar-refractivity contribution in [3.05, 3.63) is 45.5 Å². The molecule has 2 aliphatic rings. The number of hydrogen-bond donors (Lipinski definition) is 2. The van der Waals surface area contributed by atoms with Crippen LogP contribution >= 0.6 is 11.3 Å². The molecule has 4 nitrogen and oxygen atoms in total. The summed E-state index contributed by atoms with van der Waals surface area (Å²) in [5, 5.41) is 3.16. The van der Waals surface area contributed by atoms with Crippen LogP contribution in [0.2, 0.25) is 0 Å². The number of likely N-dealkylation sites (tertiary alicyclic amines) is 1. The minimum absolute atomic E-state index is 0.0716. The first-order valence-electron chi connectivity index (χ1n) is 9.09. The number of carbonyl (C=O) groups is 1. The summed E-state index contributed by atoms with van der Waals surface area (Å²) in [5.41, 5.74) is 1.38. The Morgan fingerprint density at radius 2 is 2.12 bits per heavy atom. The van der Waals surface area contributed by atoms with Crippen LogP contribution in [-0.2, 0) is 12.8 Å². The largest absolute Gasteiger partial charge is 0.463 e.